The van der Waals surface area contributed by atoms with Gasteiger partial charge in [0.1, 0.15) is 0 Å². The van der Waals surface area contributed by atoms with Crippen molar-refractivity contribution in [2.24, 2.45) is 0 Å². The molecule has 1 aliphatic heterocycles. The fourth-order valence-corrected chi connectivity index (χ4v) is 2.25. The highest BCUT2D eigenvalue weighted by Crippen LogP contribution is 2.32. The molecule has 8 heteroatoms. The summed E-state index contributed by atoms with van der Waals surface area (Å²) in [5.41, 5.74) is -0.841. The van der Waals surface area contributed by atoms with Crippen LogP contribution in [0.1, 0.15) is 10.4 Å². The topological polar surface area (TPSA) is 60.4 Å². The Morgan fingerprint density at radius 2 is 1.73 bits per heavy atom. The SMILES string of the molecule is O=C1OS(=O)(=O)c2c1cc(F)c(F)c2F. The van der Waals surface area contributed by atoms with Crippen molar-refractivity contribution in [1.82, 2.24) is 0 Å². The van der Waals surface area contributed by atoms with Crippen LogP contribution in [0.25, 0.3) is 0 Å². The molecule has 0 N–H and O–H groups in total. The third-order valence-electron chi connectivity index (χ3n) is 1.77. The molecule has 0 aliphatic carbocycles. The van der Waals surface area contributed by atoms with Gasteiger partial charge in [0.15, 0.2) is 22.3 Å². The number of fused-ring (bicyclic) bond motifs is 1. The lowest BCUT2D eigenvalue weighted by atomic mass is 10.2. The first-order valence-electron chi connectivity index (χ1n) is 3.51. The van der Waals surface area contributed by atoms with Gasteiger partial charge in [-0.1, -0.05) is 0 Å². The monoisotopic (exact) mass is 238 g/mol. The van der Waals surface area contributed by atoms with Crippen LogP contribution in [0.3, 0.4) is 0 Å². The molecule has 0 atom stereocenters. The fraction of sp³-hybridized carbons (Fsp3) is 0. The van der Waals surface area contributed by atoms with E-state index >= 15 is 0 Å². The molecule has 80 valence electrons. The van der Waals surface area contributed by atoms with Gasteiger partial charge in [0, 0.05) is 0 Å². The Kier molecular flexibility index (Phi) is 1.81. The lowest BCUT2D eigenvalue weighted by molar-refractivity contribution is 0.0762. The number of benzene rings is 1. The molecule has 0 saturated heterocycles. The number of halogens is 3. The van der Waals surface area contributed by atoms with Gasteiger partial charge in [-0.3, -0.25) is 0 Å². The van der Waals surface area contributed by atoms with Gasteiger partial charge in [-0.25, -0.2) is 18.0 Å². The van der Waals surface area contributed by atoms with Crippen molar-refractivity contribution >= 4 is 16.1 Å². The van der Waals surface area contributed by atoms with Crippen LogP contribution in [-0.4, -0.2) is 14.4 Å². The molecule has 15 heavy (non-hydrogen) atoms. The molecule has 0 aromatic heterocycles. The van der Waals surface area contributed by atoms with E-state index in [0.717, 1.165) is 0 Å². The van der Waals surface area contributed by atoms with Crippen LogP contribution >= 0.6 is 0 Å². The van der Waals surface area contributed by atoms with Gasteiger partial charge < -0.3 is 4.18 Å². The highest BCUT2D eigenvalue weighted by Gasteiger charge is 2.41. The van der Waals surface area contributed by atoms with Crippen molar-refractivity contribution in [2.75, 3.05) is 0 Å². The van der Waals surface area contributed by atoms with Crippen LogP contribution in [-0.2, 0) is 14.3 Å². The molecule has 1 heterocycles. The summed E-state index contributed by atoms with van der Waals surface area (Å²) in [4.78, 5) is 9.58. The van der Waals surface area contributed by atoms with Crippen molar-refractivity contribution in [3.05, 3.63) is 29.1 Å². The van der Waals surface area contributed by atoms with Crippen molar-refractivity contribution in [2.45, 2.75) is 4.90 Å². The molecule has 4 nitrogen and oxygen atoms in total. The van der Waals surface area contributed by atoms with Crippen LogP contribution in [0.5, 0.6) is 0 Å². The lowest BCUT2D eigenvalue weighted by Crippen LogP contribution is -2.03. The Morgan fingerprint density at radius 3 is 2.33 bits per heavy atom. The minimum atomic E-state index is -4.66. The molecule has 0 bridgehead atoms. The summed E-state index contributed by atoms with van der Waals surface area (Å²) in [6, 6.07) is 0.278. The van der Waals surface area contributed by atoms with E-state index in [9.17, 15) is 26.4 Å². The second-order valence-electron chi connectivity index (χ2n) is 2.69. The summed E-state index contributed by atoms with van der Waals surface area (Å²) < 4.78 is 64.0. The van der Waals surface area contributed by atoms with E-state index in [0.29, 0.717) is 0 Å². The van der Waals surface area contributed by atoms with Crippen molar-refractivity contribution < 1.29 is 30.6 Å². The molecule has 0 radical (unpaired) electrons. The molecular formula is C7HF3O4S. The van der Waals surface area contributed by atoms with Crippen LogP contribution in [0.15, 0.2) is 11.0 Å². The zero-order valence-corrected chi connectivity index (χ0v) is 7.57. The average Bonchev–Trinajstić information content (AvgIpc) is 2.33. The van der Waals surface area contributed by atoms with E-state index in [-0.39, 0.29) is 6.07 Å². The quantitative estimate of drug-likeness (QED) is 0.499. The van der Waals surface area contributed by atoms with Gasteiger partial charge in [-0.2, -0.15) is 8.42 Å². The number of rotatable bonds is 0. The Balaban J connectivity index is 2.94. The van der Waals surface area contributed by atoms with Gasteiger partial charge >= 0.3 is 16.1 Å². The Labute approximate surface area is 81.4 Å². The lowest BCUT2D eigenvalue weighted by Gasteiger charge is -1.98. The van der Waals surface area contributed by atoms with E-state index in [1.54, 1.807) is 0 Å². The maximum absolute atomic E-state index is 13.0. The van der Waals surface area contributed by atoms with Gasteiger partial charge in [-0.05, 0) is 6.07 Å². The Morgan fingerprint density at radius 1 is 1.13 bits per heavy atom. The van der Waals surface area contributed by atoms with Crippen LogP contribution in [0.4, 0.5) is 13.2 Å². The first-order valence-corrected chi connectivity index (χ1v) is 4.91. The first kappa shape index (κ1) is 9.97. The predicted octanol–water partition coefficient (Wildman–Crippen LogP) is 0.963. The summed E-state index contributed by atoms with van der Waals surface area (Å²) in [5.74, 6) is -6.99. The van der Waals surface area contributed by atoms with E-state index in [1.807, 2.05) is 0 Å². The first-order chi connectivity index (χ1) is 6.84. The maximum atomic E-state index is 13.0. The van der Waals surface area contributed by atoms with Crippen LogP contribution in [0.2, 0.25) is 0 Å². The summed E-state index contributed by atoms with van der Waals surface area (Å²) in [6.45, 7) is 0. The van der Waals surface area contributed by atoms with E-state index in [1.165, 1.54) is 0 Å². The number of carbonyl (C=O) groups excluding carboxylic acids is 1. The number of hydrogen-bond acceptors (Lipinski definition) is 4. The zero-order chi connectivity index (χ0) is 11.4. The molecule has 2 rings (SSSR count). The van der Waals surface area contributed by atoms with Crippen LogP contribution < -0.4 is 0 Å². The second kappa shape index (κ2) is 2.72. The van der Waals surface area contributed by atoms with Gasteiger partial charge in [0.25, 0.3) is 0 Å². The third-order valence-corrected chi connectivity index (χ3v) is 3.04. The Bertz CT molecular complexity index is 578. The molecule has 0 amide bonds. The van der Waals surface area contributed by atoms with E-state index < -0.39 is 44.0 Å². The summed E-state index contributed by atoms with van der Waals surface area (Å²) >= 11 is 0. The third kappa shape index (κ3) is 1.21. The van der Waals surface area contributed by atoms with Crippen molar-refractivity contribution in [3.8, 4) is 0 Å². The van der Waals surface area contributed by atoms with Crippen molar-refractivity contribution in [1.29, 1.82) is 0 Å². The largest absolute Gasteiger partial charge is 0.355 e. The van der Waals surface area contributed by atoms with Gasteiger partial charge in [0.2, 0.25) is 0 Å². The number of hydrogen-bond donors (Lipinski definition) is 0. The van der Waals surface area contributed by atoms with Crippen molar-refractivity contribution in [3.63, 3.8) is 0 Å². The van der Waals surface area contributed by atoms with E-state index in [4.69, 9.17) is 0 Å². The number of carbonyl (C=O) groups is 1. The predicted molar refractivity (Wildman–Crippen MR) is 38.9 cm³/mol. The summed E-state index contributed by atoms with van der Waals surface area (Å²) in [7, 11) is -4.66. The average molecular weight is 238 g/mol. The summed E-state index contributed by atoms with van der Waals surface area (Å²) in [6.07, 6.45) is 0. The molecule has 1 aromatic rings. The fourth-order valence-electron chi connectivity index (χ4n) is 1.16. The minimum Gasteiger partial charge on any atom is -0.338 e. The highest BCUT2D eigenvalue weighted by atomic mass is 32.2. The smallest absolute Gasteiger partial charge is 0.338 e. The van der Waals surface area contributed by atoms with E-state index in [2.05, 4.69) is 4.18 Å². The second-order valence-corrected chi connectivity index (χ2v) is 4.17. The highest BCUT2D eigenvalue weighted by molar-refractivity contribution is 7.87. The normalized spacial score (nSPS) is 17.4. The molecule has 0 fully saturated rings. The molecular weight excluding hydrogens is 237 g/mol. The summed E-state index contributed by atoms with van der Waals surface area (Å²) in [5, 5.41) is 0. The van der Waals surface area contributed by atoms with Gasteiger partial charge in [0.05, 0.1) is 5.56 Å². The minimum absolute atomic E-state index is 0.278. The molecule has 0 saturated carbocycles. The molecule has 1 aliphatic rings. The standard InChI is InChI=1S/C7HF3O4S/c8-3-1-2-6(5(10)4(3)9)15(12,13)14-7(2)11/h1H. The van der Waals surface area contributed by atoms with Gasteiger partial charge in [-0.15, -0.1) is 0 Å². The zero-order valence-electron chi connectivity index (χ0n) is 6.75. The van der Waals surface area contributed by atoms with Crippen LogP contribution in [0, 0.1) is 17.5 Å². The maximum Gasteiger partial charge on any atom is 0.355 e. The Hall–Kier alpha value is -1.57. The molecule has 1 aromatic carbocycles. The molecule has 0 unspecified atom stereocenters. The molecule has 0 spiro atoms.